The van der Waals surface area contributed by atoms with E-state index in [0.717, 1.165) is 10.8 Å². The summed E-state index contributed by atoms with van der Waals surface area (Å²) in [5, 5.41) is 13.5. The number of fused-ring (bicyclic) bond motifs is 1. The summed E-state index contributed by atoms with van der Waals surface area (Å²) in [6.45, 7) is 0. The highest BCUT2D eigenvalue weighted by molar-refractivity contribution is 6.06. The lowest BCUT2D eigenvalue weighted by atomic mass is 10.0. The van der Waals surface area contributed by atoms with Gasteiger partial charge in [-0.1, -0.05) is 12.1 Å². The van der Waals surface area contributed by atoms with Crippen molar-refractivity contribution in [3.8, 4) is 6.07 Å². The van der Waals surface area contributed by atoms with Gasteiger partial charge in [0.25, 0.3) is 5.91 Å². The van der Waals surface area contributed by atoms with Gasteiger partial charge in [-0.05, 0) is 59.3 Å². The van der Waals surface area contributed by atoms with Gasteiger partial charge in [0.2, 0.25) is 5.91 Å². The number of carbonyl (C=O) groups is 2. The van der Waals surface area contributed by atoms with E-state index in [1.54, 1.807) is 54.6 Å². The molecule has 0 atom stereocenters. The molecule has 3 N–H and O–H groups in total. The number of nitrogens with one attached hydrogen (secondary N) is 1. The van der Waals surface area contributed by atoms with Crippen LogP contribution in [0.2, 0.25) is 0 Å². The number of nitrogens with two attached hydrogens (primary N) is 1. The molecule has 0 aromatic heterocycles. The Labute approximate surface area is 138 Å². The molecule has 0 aliphatic carbocycles. The van der Waals surface area contributed by atoms with Gasteiger partial charge < -0.3 is 11.1 Å². The lowest BCUT2D eigenvalue weighted by molar-refractivity contribution is 0.0998. The van der Waals surface area contributed by atoms with Crippen LogP contribution in [0.5, 0.6) is 0 Å². The van der Waals surface area contributed by atoms with Crippen molar-refractivity contribution in [2.24, 2.45) is 5.73 Å². The van der Waals surface area contributed by atoms with Crippen molar-refractivity contribution in [2.45, 2.75) is 0 Å². The van der Waals surface area contributed by atoms with E-state index in [1.807, 2.05) is 6.07 Å². The van der Waals surface area contributed by atoms with Crippen LogP contribution in [0.25, 0.3) is 10.8 Å². The molecule has 0 spiro atoms. The molecule has 3 rings (SSSR count). The lowest BCUT2D eigenvalue weighted by Crippen LogP contribution is -2.13. The number of hydrogen-bond acceptors (Lipinski definition) is 3. The molecule has 0 fully saturated rings. The zero-order valence-electron chi connectivity index (χ0n) is 12.6. The van der Waals surface area contributed by atoms with E-state index in [0.29, 0.717) is 22.4 Å². The van der Waals surface area contributed by atoms with Gasteiger partial charge in [0.05, 0.1) is 11.6 Å². The number of hydrogen-bond donors (Lipinski definition) is 2. The maximum absolute atomic E-state index is 12.3. The first-order valence-corrected chi connectivity index (χ1v) is 7.22. The van der Waals surface area contributed by atoms with Crippen molar-refractivity contribution < 1.29 is 9.59 Å². The third-order valence-electron chi connectivity index (χ3n) is 3.66. The van der Waals surface area contributed by atoms with E-state index in [-0.39, 0.29) is 5.91 Å². The van der Waals surface area contributed by atoms with Gasteiger partial charge in [-0.15, -0.1) is 0 Å². The minimum absolute atomic E-state index is 0.256. The van der Waals surface area contributed by atoms with Crippen LogP contribution in [-0.2, 0) is 0 Å². The molecule has 0 unspecified atom stereocenters. The molecule has 0 heterocycles. The summed E-state index contributed by atoms with van der Waals surface area (Å²) in [5.74, 6) is -0.771. The Hall–Kier alpha value is -3.65. The van der Waals surface area contributed by atoms with E-state index in [9.17, 15) is 9.59 Å². The molecule has 0 radical (unpaired) electrons. The van der Waals surface area contributed by atoms with E-state index in [2.05, 4.69) is 11.4 Å². The van der Waals surface area contributed by atoms with Crippen molar-refractivity contribution in [2.75, 3.05) is 5.32 Å². The maximum Gasteiger partial charge on any atom is 0.255 e. The third kappa shape index (κ3) is 3.08. The number of nitrogens with zero attached hydrogens (tertiary/aromatic N) is 1. The summed E-state index contributed by atoms with van der Waals surface area (Å²) in [6.07, 6.45) is 0. The lowest BCUT2D eigenvalue weighted by Gasteiger charge is -2.07. The van der Waals surface area contributed by atoms with Crippen LogP contribution >= 0.6 is 0 Å². The molecule has 5 nitrogen and oxygen atoms in total. The van der Waals surface area contributed by atoms with Gasteiger partial charge in [-0.2, -0.15) is 5.26 Å². The van der Waals surface area contributed by atoms with Crippen molar-refractivity contribution in [3.63, 3.8) is 0 Å². The van der Waals surface area contributed by atoms with Crippen molar-refractivity contribution in [1.82, 2.24) is 0 Å². The fourth-order valence-corrected chi connectivity index (χ4v) is 2.38. The first-order valence-electron chi connectivity index (χ1n) is 7.22. The van der Waals surface area contributed by atoms with Gasteiger partial charge in [0, 0.05) is 16.8 Å². The summed E-state index contributed by atoms with van der Waals surface area (Å²) in [6, 6.07) is 19.0. The number of rotatable bonds is 3. The van der Waals surface area contributed by atoms with Crippen LogP contribution in [0.15, 0.2) is 60.7 Å². The van der Waals surface area contributed by atoms with Crippen molar-refractivity contribution >= 4 is 28.3 Å². The Morgan fingerprint density at radius 1 is 0.875 bits per heavy atom. The molecule has 3 aromatic carbocycles. The molecular formula is C19H13N3O2. The number of anilines is 1. The summed E-state index contributed by atoms with van der Waals surface area (Å²) in [5.41, 5.74) is 7.22. The first-order chi connectivity index (χ1) is 11.6. The van der Waals surface area contributed by atoms with Crippen LogP contribution in [0.1, 0.15) is 26.3 Å². The van der Waals surface area contributed by atoms with Crippen LogP contribution in [0, 0.1) is 11.3 Å². The Bertz CT molecular complexity index is 986. The minimum Gasteiger partial charge on any atom is -0.366 e. The summed E-state index contributed by atoms with van der Waals surface area (Å²) >= 11 is 0. The number of nitriles is 1. The van der Waals surface area contributed by atoms with Crippen molar-refractivity contribution in [3.05, 3.63) is 77.4 Å². The first kappa shape index (κ1) is 15.3. The summed E-state index contributed by atoms with van der Waals surface area (Å²) in [7, 11) is 0. The zero-order chi connectivity index (χ0) is 17.1. The second kappa shape index (κ2) is 6.23. The predicted molar refractivity (Wildman–Crippen MR) is 91.6 cm³/mol. The monoisotopic (exact) mass is 315 g/mol. The van der Waals surface area contributed by atoms with Gasteiger partial charge in [-0.25, -0.2) is 0 Å². The molecule has 24 heavy (non-hydrogen) atoms. The highest BCUT2D eigenvalue weighted by atomic mass is 16.2. The van der Waals surface area contributed by atoms with Gasteiger partial charge in [-0.3, -0.25) is 9.59 Å². The highest BCUT2D eigenvalue weighted by Gasteiger charge is 2.08. The Balaban J connectivity index is 1.83. The fourth-order valence-electron chi connectivity index (χ4n) is 2.38. The topological polar surface area (TPSA) is 96.0 Å². The van der Waals surface area contributed by atoms with Gasteiger partial charge in [0.1, 0.15) is 0 Å². The summed E-state index contributed by atoms with van der Waals surface area (Å²) < 4.78 is 0. The predicted octanol–water partition coefficient (Wildman–Crippen LogP) is 3.06. The average molecular weight is 315 g/mol. The molecule has 0 saturated carbocycles. The molecular weight excluding hydrogens is 302 g/mol. The Kier molecular flexibility index (Phi) is 3.96. The van der Waals surface area contributed by atoms with E-state index in [4.69, 9.17) is 11.0 Å². The number of amides is 2. The van der Waals surface area contributed by atoms with Gasteiger partial charge in [0.15, 0.2) is 0 Å². The molecule has 5 heteroatoms. The Morgan fingerprint density at radius 3 is 2.17 bits per heavy atom. The van der Waals surface area contributed by atoms with E-state index in [1.165, 1.54) is 0 Å². The molecule has 116 valence electrons. The molecule has 0 bridgehead atoms. The minimum atomic E-state index is -0.515. The fraction of sp³-hybridized carbons (Fsp3) is 0. The van der Waals surface area contributed by atoms with E-state index >= 15 is 0 Å². The number of benzene rings is 3. The van der Waals surface area contributed by atoms with Crippen LogP contribution in [0.4, 0.5) is 5.69 Å². The SMILES string of the molecule is N#Cc1ccc2cc(C(=O)Nc3ccc(C(N)=O)cc3)ccc2c1. The van der Waals surface area contributed by atoms with Crippen LogP contribution < -0.4 is 11.1 Å². The van der Waals surface area contributed by atoms with Crippen LogP contribution in [-0.4, -0.2) is 11.8 Å². The second-order valence-electron chi connectivity index (χ2n) is 5.28. The highest BCUT2D eigenvalue weighted by Crippen LogP contribution is 2.19. The molecule has 0 saturated heterocycles. The smallest absolute Gasteiger partial charge is 0.255 e. The standard InChI is InChI=1S/C19H13N3O2/c20-11-12-1-2-15-10-16(4-3-14(15)9-12)19(24)22-17-7-5-13(6-8-17)18(21)23/h1-10H,(H2,21,23)(H,22,24). The van der Waals surface area contributed by atoms with E-state index < -0.39 is 5.91 Å². The average Bonchev–Trinajstić information content (AvgIpc) is 2.61. The largest absolute Gasteiger partial charge is 0.366 e. The molecule has 3 aromatic rings. The Morgan fingerprint density at radius 2 is 1.50 bits per heavy atom. The quantitative estimate of drug-likeness (QED) is 0.777. The second-order valence-corrected chi connectivity index (χ2v) is 5.28. The maximum atomic E-state index is 12.3. The zero-order valence-corrected chi connectivity index (χ0v) is 12.6. The number of primary amides is 1. The molecule has 2 amide bonds. The normalized spacial score (nSPS) is 10.1. The molecule has 0 aliphatic heterocycles. The molecule has 0 aliphatic rings. The van der Waals surface area contributed by atoms with Crippen molar-refractivity contribution in [1.29, 1.82) is 5.26 Å². The van der Waals surface area contributed by atoms with Crippen LogP contribution in [0.3, 0.4) is 0 Å². The number of carbonyl (C=O) groups excluding carboxylic acids is 2. The third-order valence-corrected chi connectivity index (χ3v) is 3.66. The van der Waals surface area contributed by atoms with Gasteiger partial charge >= 0.3 is 0 Å². The summed E-state index contributed by atoms with van der Waals surface area (Å²) in [4.78, 5) is 23.4.